The topological polar surface area (TPSA) is 95.8 Å². The van der Waals surface area contributed by atoms with Gasteiger partial charge in [0.15, 0.2) is 0 Å². The Morgan fingerprint density at radius 1 is 1.00 bits per heavy atom. The number of carbonyl (C=O) groups is 1. The van der Waals surface area contributed by atoms with Crippen LogP contribution in [-0.2, 0) is 6.54 Å². The molecule has 1 heterocycles. The van der Waals surface area contributed by atoms with Crippen LogP contribution in [0.1, 0.15) is 28.8 Å². The van der Waals surface area contributed by atoms with E-state index in [0.717, 1.165) is 36.3 Å². The Labute approximate surface area is 182 Å². The molecule has 0 aromatic heterocycles. The van der Waals surface area contributed by atoms with Crippen molar-refractivity contribution >= 4 is 17.3 Å². The van der Waals surface area contributed by atoms with Gasteiger partial charge < -0.3 is 15.8 Å². The lowest BCUT2D eigenvalue weighted by molar-refractivity contribution is 0.0697. The highest BCUT2D eigenvalue weighted by Crippen LogP contribution is 2.34. The number of hydrogen-bond donors (Lipinski definition) is 3. The zero-order valence-electron chi connectivity index (χ0n) is 17.7. The summed E-state index contributed by atoms with van der Waals surface area (Å²) in [5, 5.41) is 10.8. The van der Waals surface area contributed by atoms with E-state index in [-0.39, 0.29) is 5.56 Å². The molecule has 6 heteroatoms. The largest absolute Gasteiger partial charge is 0.478 e. The van der Waals surface area contributed by atoms with Crippen LogP contribution in [0.4, 0.5) is 11.4 Å². The van der Waals surface area contributed by atoms with Crippen LogP contribution in [0.15, 0.2) is 60.7 Å². The van der Waals surface area contributed by atoms with E-state index < -0.39 is 5.97 Å². The highest BCUT2D eigenvalue weighted by Gasteiger charge is 2.18. The van der Waals surface area contributed by atoms with Gasteiger partial charge in [0.2, 0.25) is 0 Å². The summed E-state index contributed by atoms with van der Waals surface area (Å²) in [6, 6.07) is 20.1. The molecule has 3 aromatic carbocycles. The molecule has 1 aliphatic rings. The highest BCUT2D eigenvalue weighted by atomic mass is 16.4. The van der Waals surface area contributed by atoms with Crippen LogP contribution in [-0.4, -0.2) is 36.1 Å². The van der Waals surface area contributed by atoms with Crippen LogP contribution in [0.3, 0.4) is 0 Å². The zero-order valence-corrected chi connectivity index (χ0v) is 17.7. The lowest BCUT2D eigenvalue weighted by Crippen LogP contribution is -2.28. The van der Waals surface area contributed by atoms with Crippen LogP contribution in [0, 0.1) is 0 Å². The van der Waals surface area contributed by atoms with Gasteiger partial charge in [0.25, 0.3) is 0 Å². The molecule has 1 saturated heterocycles. The molecule has 1 aliphatic heterocycles. The first-order valence-electron chi connectivity index (χ1n) is 10.5. The molecule has 0 atom stereocenters. The number of likely N-dealkylation sites (tertiary alicyclic amines) is 1. The van der Waals surface area contributed by atoms with E-state index in [1.807, 2.05) is 12.1 Å². The van der Waals surface area contributed by atoms with Gasteiger partial charge in [-0.25, -0.2) is 10.6 Å². The molecule has 0 spiro atoms. The van der Waals surface area contributed by atoms with Crippen LogP contribution < -0.4 is 16.6 Å². The first kappa shape index (κ1) is 20.9. The molecule has 31 heavy (non-hydrogen) atoms. The maximum atomic E-state index is 11.7. The maximum absolute atomic E-state index is 11.7. The van der Waals surface area contributed by atoms with Crippen LogP contribution in [0.2, 0.25) is 0 Å². The van der Waals surface area contributed by atoms with E-state index in [0.29, 0.717) is 11.4 Å². The van der Waals surface area contributed by atoms with Crippen molar-refractivity contribution in [3.05, 3.63) is 71.8 Å². The van der Waals surface area contributed by atoms with Crippen molar-refractivity contribution in [1.82, 2.24) is 4.90 Å². The first-order valence-corrected chi connectivity index (χ1v) is 10.5. The van der Waals surface area contributed by atoms with Crippen molar-refractivity contribution in [3.8, 4) is 22.3 Å². The highest BCUT2D eigenvalue weighted by molar-refractivity contribution is 6.00. The average Bonchev–Trinajstić information content (AvgIpc) is 3.26. The monoisotopic (exact) mass is 416 g/mol. The van der Waals surface area contributed by atoms with Crippen molar-refractivity contribution in [3.63, 3.8) is 0 Å². The van der Waals surface area contributed by atoms with E-state index in [4.69, 9.17) is 11.6 Å². The third kappa shape index (κ3) is 4.40. The second-order valence-corrected chi connectivity index (χ2v) is 8.10. The molecule has 3 aromatic rings. The van der Waals surface area contributed by atoms with Gasteiger partial charge in [-0.3, -0.25) is 4.90 Å². The quantitative estimate of drug-likeness (QED) is 0.317. The summed E-state index contributed by atoms with van der Waals surface area (Å²) >= 11 is 0. The third-order valence-corrected chi connectivity index (χ3v) is 5.86. The molecular formula is C25H28N4O2. The Hall–Kier alpha value is -3.35. The second kappa shape index (κ2) is 8.79. The number of nitrogens with two attached hydrogens (primary N) is 2. The maximum Gasteiger partial charge on any atom is 0.337 e. The molecule has 6 nitrogen and oxygen atoms in total. The Morgan fingerprint density at radius 3 is 2.29 bits per heavy atom. The molecule has 4 rings (SSSR count). The summed E-state index contributed by atoms with van der Waals surface area (Å²) in [5.74, 6) is 4.72. The number of nitrogen functional groups attached to an aromatic ring is 1. The first-order chi connectivity index (χ1) is 14.9. The van der Waals surface area contributed by atoms with Crippen molar-refractivity contribution in [1.29, 1.82) is 0 Å². The minimum atomic E-state index is -1.06. The lowest BCUT2D eigenvalue weighted by atomic mass is 9.95. The van der Waals surface area contributed by atoms with Crippen molar-refractivity contribution in [2.45, 2.75) is 19.4 Å². The van der Waals surface area contributed by atoms with Gasteiger partial charge in [-0.15, -0.1) is 0 Å². The van der Waals surface area contributed by atoms with E-state index in [9.17, 15) is 9.90 Å². The Morgan fingerprint density at radius 2 is 1.65 bits per heavy atom. The number of anilines is 2. The molecule has 5 N–H and O–H groups in total. The van der Waals surface area contributed by atoms with Crippen LogP contribution >= 0.6 is 0 Å². The standard InChI is InChI=1S/C25H28N4O2/c1-28(27)24-22(25(30)31)14-20(15-23(24)26)17-8-10-18(11-9-17)21-7-3-2-6-19(21)16-29-12-4-5-13-29/h2-3,6-11,14-15H,4-5,12-13,16,26-27H2,1H3,(H,30,31). The lowest BCUT2D eigenvalue weighted by Gasteiger charge is -2.19. The number of rotatable bonds is 6. The van der Waals surface area contributed by atoms with Crippen molar-refractivity contribution in [2.24, 2.45) is 5.84 Å². The fourth-order valence-corrected chi connectivity index (χ4v) is 4.34. The molecule has 0 radical (unpaired) electrons. The van der Waals surface area contributed by atoms with Gasteiger partial charge in [-0.1, -0.05) is 48.5 Å². The number of hydrogen-bond acceptors (Lipinski definition) is 5. The third-order valence-electron chi connectivity index (χ3n) is 5.86. The smallest absolute Gasteiger partial charge is 0.337 e. The fourth-order valence-electron chi connectivity index (χ4n) is 4.34. The summed E-state index contributed by atoms with van der Waals surface area (Å²) in [5.41, 5.74) is 12.2. The fraction of sp³-hybridized carbons (Fsp3) is 0.240. The SMILES string of the molecule is CN(N)c1c(N)cc(-c2ccc(-c3ccccc3CN3CCCC3)cc2)cc1C(=O)O. The Bertz CT molecular complexity index is 1090. The predicted molar refractivity (Wildman–Crippen MR) is 126 cm³/mol. The molecule has 0 amide bonds. The molecule has 0 aliphatic carbocycles. The van der Waals surface area contributed by atoms with Gasteiger partial charge in [0.05, 0.1) is 16.9 Å². The van der Waals surface area contributed by atoms with Gasteiger partial charge in [-0.05, 0) is 65.9 Å². The van der Waals surface area contributed by atoms with Crippen molar-refractivity contribution in [2.75, 3.05) is 30.9 Å². The Kier molecular flexibility index (Phi) is 5.93. The second-order valence-electron chi connectivity index (χ2n) is 8.10. The predicted octanol–water partition coefficient (Wildman–Crippen LogP) is 4.21. The number of nitrogens with zero attached hydrogens (tertiary/aromatic N) is 2. The minimum absolute atomic E-state index is 0.0834. The molecule has 160 valence electrons. The van der Waals surface area contributed by atoms with E-state index in [1.54, 1.807) is 19.2 Å². The van der Waals surface area contributed by atoms with Gasteiger partial charge >= 0.3 is 5.97 Å². The van der Waals surface area contributed by atoms with Gasteiger partial charge in [0, 0.05) is 13.6 Å². The molecule has 0 bridgehead atoms. The summed E-state index contributed by atoms with van der Waals surface area (Å²) in [4.78, 5) is 14.2. The number of hydrazine groups is 1. The van der Waals surface area contributed by atoms with Gasteiger partial charge in [-0.2, -0.15) is 0 Å². The summed E-state index contributed by atoms with van der Waals surface area (Å²) in [7, 11) is 1.58. The van der Waals surface area contributed by atoms with E-state index in [1.165, 1.54) is 29.0 Å². The summed E-state index contributed by atoms with van der Waals surface area (Å²) < 4.78 is 0. The molecule has 0 saturated carbocycles. The Balaban J connectivity index is 1.66. The average molecular weight is 417 g/mol. The molecule has 0 unspecified atom stereocenters. The summed E-state index contributed by atoms with van der Waals surface area (Å²) in [6.45, 7) is 3.29. The van der Waals surface area contributed by atoms with Gasteiger partial charge in [0.1, 0.15) is 0 Å². The number of carboxylic acid groups (broad SMARTS) is 1. The van der Waals surface area contributed by atoms with Crippen LogP contribution in [0.5, 0.6) is 0 Å². The number of benzene rings is 3. The number of carboxylic acids is 1. The summed E-state index contributed by atoms with van der Waals surface area (Å²) in [6.07, 6.45) is 2.55. The molecular weight excluding hydrogens is 388 g/mol. The minimum Gasteiger partial charge on any atom is -0.478 e. The van der Waals surface area contributed by atoms with E-state index in [2.05, 4.69) is 41.3 Å². The van der Waals surface area contributed by atoms with E-state index >= 15 is 0 Å². The van der Waals surface area contributed by atoms with Crippen molar-refractivity contribution < 1.29 is 9.90 Å². The van der Waals surface area contributed by atoms with Crippen LogP contribution in [0.25, 0.3) is 22.3 Å². The normalized spacial score (nSPS) is 14.0. The number of aromatic carboxylic acids is 1. The molecule has 1 fully saturated rings. The zero-order chi connectivity index (χ0) is 22.0.